The number of ether oxygens (including phenoxy) is 1. The molecule has 2 N–H and O–H groups in total. The summed E-state index contributed by atoms with van der Waals surface area (Å²) in [4.78, 5) is 38.4. The van der Waals surface area contributed by atoms with Gasteiger partial charge in [0.1, 0.15) is 12.6 Å². The highest BCUT2D eigenvalue weighted by Gasteiger charge is 2.59. The van der Waals surface area contributed by atoms with Gasteiger partial charge in [0.15, 0.2) is 0 Å². The summed E-state index contributed by atoms with van der Waals surface area (Å²) in [7, 11) is 0. The average molecular weight is 434 g/mol. The van der Waals surface area contributed by atoms with Gasteiger partial charge in [0, 0.05) is 24.4 Å². The molecule has 2 amide bonds. The number of nitrogens with zero attached hydrogens (tertiary/aromatic N) is 1. The molecule has 1 spiro atoms. The van der Waals surface area contributed by atoms with Crippen LogP contribution in [0.15, 0.2) is 48.5 Å². The van der Waals surface area contributed by atoms with E-state index in [1.54, 1.807) is 11.8 Å². The topological polar surface area (TPSA) is 95.9 Å². The number of amides is 2. The molecule has 2 aromatic rings. The molecule has 166 valence electrons. The molecule has 0 aromatic heterocycles. The summed E-state index contributed by atoms with van der Waals surface area (Å²) in [6, 6.07) is 15.4. The Hall–Kier alpha value is -3.35. The molecule has 2 aromatic carbocycles. The van der Waals surface area contributed by atoms with E-state index in [0.717, 1.165) is 35.1 Å². The van der Waals surface area contributed by atoms with Crippen molar-refractivity contribution in [2.45, 2.75) is 31.7 Å². The van der Waals surface area contributed by atoms with Crippen LogP contribution in [0.25, 0.3) is 11.1 Å². The van der Waals surface area contributed by atoms with Crippen molar-refractivity contribution in [3.8, 4) is 11.1 Å². The van der Waals surface area contributed by atoms with Crippen molar-refractivity contribution in [2.75, 3.05) is 19.7 Å². The second kappa shape index (κ2) is 7.65. The van der Waals surface area contributed by atoms with Crippen molar-refractivity contribution < 1.29 is 24.2 Å². The number of aliphatic carboxylic acids is 1. The fourth-order valence-corrected chi connectivity index (χ4v) is 5.30. The van der Waals surface area contributed by atoms with Crippen molar-refractivity contribution in [1.29, 1.82) is 0 Å². The second-order valence-corrected chi connectivity index (χ2v) is 9.16. The van der Waals surface area contributed by atoms with Gasteiger partial charge in [0.25, 0.3) is 0 Å². The van der Waals surface area contributed by atoms with E-state index in [9.17, 15) is 19.5 Å². The zero-order valence-electron chi connectivity index (χ0n) is 17.9. The first-order valence-corrected chi connectivity index (χ1v) is 11.0. The third kappa shape index (κ3) is 3.42. The van der Waals surface area contributed by atoms with E-state index in [2.05, 4.69) is 17.4 Å². The van der Waals surface area contributed by atoms with E-state index in [-0.39, 0.29) is 30.4 Å². The smallest absolute Gasteiger partial charge is 0.407 e. The monoisotopic (exact) mass is 434 g/mol. The summed E-state index contributed by atoms with van der Waals surface area (Å²) in [5.74, 6) is -1.69. The van der Waals surface area contributed by atoms with Gasteiger partial charge >= 0.3 is 12.1 Å². The van der Waals surface area contributed by atoms with Gasteiger partial charge in [-0.15, -0.1) is 0 Å². The Balaban J connectivity index is 1.20. The second-order valence-electron chi connectivity index (χ2n) is 9.16. The molecule has 32 heavy (non-hydrogen) atoms. The van der Waals surface area contributed by atoms with Gasteiger partial charge in [-0.05, 0) is 42.0 Å². The Labute approximate surface area is 186 Å². The molecule has 5 rings (SSSR count). The number of carbonyl (C=O) groups is 3. The number of fused-ring (bicyclic) bond motifs is 3. The van der Waals surface area contributed by atoms with Crippen molar-refractivity contribution >= 4 is 18.0 Å². The SMILES string of the molecule is C[C@H](NC(=O)OCC1c2ccccc2-c2ccccc21)C(=O)N1CC(C(=O)O)C2(CC2)C1. The molecule has 1 saturated carbocycles. The Morgan fingerprint density at radius 3 is 2.22 bits per heavy atom. The lowest BCUT2D eigenvalue weighted by Crippen LogP contribution is -2.46. The van der Waals surface area contributed by atoms with E-state index in [1.165, 1.54) is 0 Å². The molecular weight excluding hydrogens is 408 g/mol. The molecule has 0 radical (unpaired) electrons. The molecule has 7 heteroatoms. The maximum absolute atomic E-state index is 12.8. The molecule has 2 aliphatic carbocycles. The van der Waals surface area contributed by atoms with Crippen LogP contribution in [-0.4, -0.2) is 53.7 Å². The van der Waals surface area contributed by atoms with Gasteiger partial charge in [0.05, 0.1) is 5.92 Å². The molecule has 1 heterocycles. The first-order valence-electron chi connectivity index (χ1n) is 11.0. The number of carboxylic acid groups (broad SMARTS) is 1. The molecular formula is C25H26N2O5. The minimum Gasteiger partial charge on any atom is -0.481 e. The Morgan fingerprint density at radius 2 is 1.69 bits per heavy atom. The van der Waals surface area contributed by atoms with Gasteiger partial charge in [-0.1, -0.05) is 48.5 Å². The number of hydrogen-bond donors (Lipinski definition) is 2. The predicted octanol–water partition coefficient (Wildman–Crippen LogP) is 3.24. The molecule has 3 aliphatic rings. The van der Waals surface area contributed by atoms with Gasteiger partial charge in [0.2, 0.25) is 5.91 Å². The molecule has 1 unspecified atom stereocenters. The Morgan fingerprint density at radius 1 is 1.09 bits per heavy atom. The third-order valence-electron chi connectivity index (χ3n) is 7.20. The zero-order valence-corrected chi connectivity index (χ0v) is 17.9. The number of carboxylic acids is 1. The van der Waals surface area contributed by atoms with Crippen LogP contribution in [0, 0.1) is 11.3 Å². The van der Waals surface area contributed by atoms with E-state index < -0.39 is 24.0 Å². The van der Waals surface area contributed by atoms with Gasteiger partial charge in [-0.3, -0.25) is 9.59 Å². The molecule has 1 saturated heterocycles. The quantitative estimate of drug-likeness (QED) is 0.753. The summed E-state index contributed by atoms with van der Waals surface area (Å²) in [6.45, 7) is 2.43. The van der Waals surface area contributed by atoms with E-state index in [4.69, 9.17) is 4.74 Å². The van der Waals surface area contributed by atoms with Gasteiger partial charge in [-0.25, -0.2) is 4.79 Å². The van der Waals surface area contributed by atoms with E-state index in [0.29, 0.717) is 6.54 Å². The summed E-state index contributed by atoms with van der Waals surface area (Å²) >= 11 is 0. The third-order valence-corrected chi connectivity index (χ3v) is 7.20. The van der Waals surface area contributed by atoms with Gasteiger partial charge in [-0.2, -0.15) is 0 Å². The van der Waals surface area contributed by atoms with Crippen LogP contribution in [0.3, 0.4) is 0 Å². The number of benzene rings is 2. The van der Waals surface area contributed by atoms with Crippen LogP contribution in [0.5, 0.6) is 0 Å². The highest BCUT2D eigenvalue weighted by atomic mass is 16.5. The van der Waals surface area contributed by atoms with Crippen LogP contribution in [0.1, 0.15) is 36.8 Å². The maximum atomic E-state index is 12.8. The first kappa shape index (κ1) is 20.5. The van der Waals surface area contributed by atoms with Gasteiger partial charge < -0.3 is 20.1 Å². The number of nitrogens with one attached hydrogen (secondary N) is 1. The summed E-state index contributed by atoms with van der Waals surface area (Å²) < 4.78 is 5.52. The van der Waals surface area contributed by atoms with Crippen LogP contribution < -0.4 is 5.32 Å². The Bertz CT molecular complexity index is 1050. The number of rotatable bonds is 5. The minimum atomic E-state index is -0.852. The maximum Gasteiger partial charge on any atom is 0.407 e. The van der Waals surface area contributed by atoms with E-state index >= 15 is 0 Å². The van der Waals surface area contributed by atoms with Crippen molar-refractivity contribution in [3.63, 3.8) is 0 Å². The van der Waals surface area contributed by atoms with E-state index in [1.807, 2.05) is 36.4 Å². The fraction of sp³-hybridized carbons (Fsp3) is 0.400. The first-order chi connectivity index (χ1) is 15.4. The molecule has 1 aliphatic heterocycles. The molecule has 0 bridgehead atoms. The minimum absolute atomic E-state index is 0.0520. The Kier molecular flexibility index (Phi) is 4.92. The molecule has 7 nitrogen and oxygen atoms in total. The van der Waals surface area contributed by atoms with Crippen molar-refractivity contribution in [2.24, 2.45) is 11.3 Å². The standard InChI is InChI=1S/C25H26N2O5/c1-15(22(28)27-12-21(23(29)30)25(14-27)10-11-25)26-24(31)32-13-20-18-8-4-2-6-16(18)17-7-3-5-9-19(17)20/h2-9,15,20-21H,10-14H2,1H3,(H,26,31)(H,29,30)/t15-,21?/m0/s1. The predicted molar refractivity (Wildman–Crippen MR) is 117 cm³/mol. The van der Waals surface area contributed by atoms with Crippen LogP contribution in [-0.2, 0) is 14.3 Å². The van der Waals surface area contributed by atoms with Crippen molar-refractivity contribution in [1.82, 2.24) is 10.2 Å². The number of likely N-dealkylation sites (tertiary alicyclic amines) is 1. The normalized spacial score (nSPS) is 21.0. The van der Waals surface area contributed by atoms with Crippen LogP contribution in [0.2, 0.25) is 0 Å². The molecule has 2 atom stereocenters. The lowest BCUT2D eigenvalue weighted by atomic mass is 9.93. The number of alkyl carbamates (subject to hydrolysis) is 1. The average Bonchev–Trinajstić information content (AvgIpc) is 3.34. The lowest BCUT2D eigenvalue weighted by Gasteiger charge is -2.22. The summed E-state index contributed by atoms with van der Waals surface area (Å²) in [5.41, 5.74) is 4.27. The van der Waals surface area contributed by atoms with Crippen molar-refractivity contribution in [3.05, 3.63) is 59.7 Å². The molecule has 2 fully saturated rings. The highest BCUT2D eigenvalue weighted by molar-refractivity contribution is 5.87. The summed E-state index contributed by atoms with van der Waals surface area (Å²) in [5, 5.41) is 12.1. The zero-order chi connectivity index (χ0) is 22.5. The number of hydrogen-bond acceptors (Lipinski definition) is 4. The summed E-state index contributed by atoms with van der Waals surface area (Å²) in [6.07, 6.45) is 1.02. The highest BCUT2D eigenvalue weighted by Crippen LogP contribution is 2.56. The van der Waals surface area contributed by atoms with Crippen LogP contribution >= 0.6 is 0 Å². The van der Waals surface area contributed by atoms with Crippen LogP contribution in [0.4, 0.5) is 4.79 Å². The fourth-order valence-electron chi connectivity index (χ4n) is 5.30. The largest absolute Gasteiger partial charge is 0.481 e. The lowest BCUT2D eigenvalue weighted by molar-refractivity contribution is -0.143. The number of carbonyl (C=O) groups excluding carboxylic acids is 2.